The van der Waals surface area contributed by atoms with Gasteiger partial charge in [0.1, 0.15) is 6.04 Å². The minimum Gasteiger partial charge on any atom is -0.359 e. The first-order valence-electron chi connectivity index (χ1n) is 8.62. The van der Waals surface area contributed by atoms with Gasteiger partial charge in [-0.05, 0) is 61.2 Å². The Hall–Kier alpha value is -1.89. The molecule has 2 aromatic rings. The Labute approximate surface area is 159 Å². The van der Waals surface area contributed by atoms with Crippen LogP contribution in [0.4, 0.5) is 11.4 Å². The summed E-state index contributed by atoms with van der Waals surface area (Å²) in [5, 5.41) is 0.766. The molecule has 1 saturated heterocycles. The molecule has 26 heavy (non-hydrogen) atoms. The van der Waals surface area contributed by atoms with Crippen molar-refractivity contribution in [2.45, 2.75) is 30.2 Å². The second-order valence-electron chi connectivity index (χ2n) is 6.57. The lowest BCUT2D eigenvalue weighted by Crippen LogP contribution is -2.44. The van der Waals surface area contributed by atoms with E-state index in [2.05, 4.69) is 4.90 Å². The van der Waals surface area contributed by atoms with Gasteiger partial charge >= 0.3 is 0 Å². The molecule has 2 aliphatic rings. The third kappa shape index (κ3) is 3.02. The summed E-state index contributed by atoms with van der Waals surface area (Å²) in [7, 11) is 0. The van der Waals surface area contributed by atoms with Crippen LogP contribution in [0.3, 0.4) is 0 Å². The summed E-state index contributed by atoms with van der Waals surface area (Å²) in [6, 6.07) is 12.3. The molecule has 0 aromatic heterocycles. The standard InChI is InChI=1S/C19H19ClN2O3S/c20-16-4-1-5-17-15(16)3-2-11-22(17)18-10-12-21(19(18)23)13-6-8-14(9-7-13)26(24)25/h1,4-9,18H,2-3,10-12H2,(H,24,25)/t18-/m0/s1. The van der Waals surface area contributed by atoms with Crippen LogP contribution < -0.4 is 9.80 Å². The van der Waals surface area contributed by atoms with Crippen LogP contribution in [0, 0.1) is 0 Å². The maximum Gasteiger partial charge on any atom is 0.249 e. The molecule has 1 N–H and O–H groups in total. The van der Waals surface area contributed by atoms with E-state index in [1.165, 1.54) is 0 Å². The zero-order chi connectivity index (χ0) is 18.3. The molecule has 5 nitrogen and oxygen atoms in total. The van der Waals surface area contributed by atoms with Gasteiger partial charge in [-0.2, -0.15) is 0 Å². The minimum absolute atomic E-state index is 0.0655. The molecule has 0 bridgehead atoms. The van der Waals surface area contributed by atoms with E-state index in [4.69, 9.17) is 16.2 Å². The number of fused-ring (bicyclic) bond motifs is 1. The van der Waals surface area contributed by atoms with Gasteiger partial charge in [0.15, 0.2) is 11.1 Å². The molecule has 7 heteroatoms. The number of rotatable bonds is 3. The second-order valence-corrected chi connectivity index (χ2v) is 7.95. The summed E-state index contributed by atoms with van der Waals surface area (Å²) in [5.41, 5.74) is 2.95. The molecule has 2 aliphatic heterocycles. The molecular weight excluding hydrogens is 372 g/mol. The van der Waals surface area contributed by atoms with Crippen LogP contribution in [0.15, 0.2) is 47.4 Å². The summed E-state index contributed by atoms with van der Waals surface area (Å²) in [5.74, 6) is 0.0655. The van der Waals surface area contributed by atoms with E-state index in [-0.39, 0.29) is 11.9 Å². The van der Waals surface area contributed by atoms with Gasteiger partial charge in [0.2, 0.25) is 5.91 Å². The molecule has 1 fully saturated rings. The average molecular weight is 391 g/mol. The summed E-state index contributed by atoms with van der Waals surface area (Å²) in [6.45, 7) is 1.48. The number of amides is 1. The van der Waals surface area contributed by atoms with E-state index in [1.54, 1.807) is 29.2 Å². The first-order valence-corrected chi connectivity index (χ1v) is 10.1. The number of anilines is 2. The lowest BCUT2D eigenvalue weighted by atomic mass is 9.99. The molecular formula is C19H19ClN2O3S. The molecule has 0 radical (unpaired) electrons. The van der Waals surface area contributed by atoms with E-state index < -0.39 is 11.1 Å². The van der Waals surface area contributed by atoms with Crippen LogP contribution in [0.5, 0.6) is 0 Å². The summed E-state index contributed by atoms with van der Waals surface area (Å²) in [4.78, 5) is 17.3. The van der Waals surface area contributed by atoms with Crippen molar-refractivity contribution >= 4 is 40.0 Å². The number of benzene rings is 2. The highest BCUT2D eigenvalue weighted by Crippen LogP contribution is 2.36. The largest absolute Gasteiger partial charge is 0.359 e. The normalized spacial score (nSPS) is 21.0. The van der Waals surface area contributed by atoms with Crippen molar-refractivity contribution in [1.82, 2.24) is 0 Å². The predicted molar refractivity (Wildman–Crippen MR) is 103 cm³/mol. The highest BCUT2D eigenvalue weighted by molar-refractivity contribution is 7.79. The Morgan fingerprint density at radius 3 is 2.62 bits per heavy atom. The molecule has 2 heterocycles. The lowest BCUT2D eigenvalue weighted by Gasteiger charge is -2.35. The lowest BCUT2D eigenvalue weighted by molar-refractivity contribution is -0.118. The zero-order valence-electron chi connectivity index (χ0n) is 14.1. The van der Waals surface area contributed by atoms with Crippen LogP contribution in [0.1, 0.15) is 18.4 Å². The minimum atomic E-state index is -2.01. The van der Waals surface area contributed by atoms with E-state index in [0.717, 1.165) is 47.8 Å². The quantitative estimate of drug-likeness (QED) is 0.815. The summed E-state index contributed by atoms with van der Waals surface area (Å²) >= 11 is 4.34. The molecule has 136 valence electrons. The van der Waals surface area contributed by atoms with E-state index >= 15 is 0 Å². The molecule has 1 unspecified atom stereocenters. The third-order valence-electron chi connectivity index (χ3n) is 5.13. The Morgan fingerprint density at radius 1 is 1.12 bits per heavy atom. The van der Waals surface area contributed by atoms with Crippen molar-refractivity contribution in [2.24, 2.45) is 0 Å². The first kappa shape index (κ1) is 17.5. The fraction of sp³-hybridized carbons (Fsp3) is 0.316. The highest BCUT2D eigenvalue weighted by Gasteiger charge is 2.38. The van der Waals surface area contributed by atoms with Crippen molar-refractivity contribution in [1.29, 1.82) is 0 Å². The molecule has 0 saturated carbocycles. The van der Waals surface area contributed by atoms with Crippen molar-refractivity contribution in [3.8, 4) is 0 Å². The monoisotopic (exact) mass is 390 g/mol. The number of halogens is 1. The fourth-order valence-electron chi connectivity index (χ4n) is 3.89. The second kappa shape index (κ2) is 7.02. The Morgan fingerprint density at radius 2 is 1.88 bits per heavy atom. The SMILES string of the molecule is O=C1[C@@H](N2CCCc3c(Cl)cccc32)CCN1c1ccc(S(=O)O)cc1. The molecule has 2 atom stereocenters. The number of nitrogens with zero attached hydrogens (tertiary/aromatic N) is 2. The maximum atomic E-state index is 13.1. The van der Waals surface area contributed by atoms with Gasteiger partial charge in [0.05, 0.1) is 4.90 Å². The van der Waals surface area contributed by atoms with E-state index in [9.17, 15) is 9.00 Å². The summed E-state index contributed by atoms with van der Waals surface area (Å²) < 4.78 is 20.2. The topological polar surface area (TPSA) is 60.9 Å². The Bertz CT molecular complexity index is 872. The van der Waals surface area contributed by atoms with Gasteiger partial charge in [-0.15, -0.1) is 0 Å². The van der Waals surface area contributed by atoms with E-state index in [1.807, 2.05) is 18.2 Å². The Balaban J connectivity index is 1.59. The van der Waals surface area contributed by atoms with Crippen LogP contribution in [0.25, 0.3) is 0 Å². The van der Waals surface area contributed by atoms with Gasteiger partial charge in [-0.3, -0.25) is 4.79 Å². The van der Waals surface area contributed by atoms with Crippen LogP contribution in [0.2, 0.25) is 5.02 Å². The van der Waals surface area contributed by atoms with Gasteiger partial charge < -0.3 is 14.4 Å². The molecule has 1 amide bonds. The number of hydrogen-bond acceptors (Lipinski definition) is 3. The smallest absolute Gasteiger partial charge is 0.249 e. The first-order chi connectivity index (χ1) is 12.6. The third-order valence-corrected chi connectivity index (χ3v) is 6.16. The molecule has 0 spiro atoms. The number of hydrogen-bond donors (Lipinski definition) is 1. The predicted octanol–water partition coefficient (Wildman–Crippen LogP) is 3.48. The molecule has 0 aliphatic carbocycles. The van der Waals surface area contributed by atoms with Crippen molar-refractivity contribution in [3.05, 3.63) is 53.1 Å². The van der Waals surface area contributed by atoms with E-state index in [0.29, 0.717) is 11.4 Å². The van der Waals surface area contributed by atoms with Gasteiger partial charge in [0, 0.05) is 29.5 Å². The van der Waals surface area contributed by atoms with Crippen molar-refractivity contribution in [2.75, 3.05) is 22.9 Å². The van der Waals surface area contributed by atoms with Crippen molar-refractivity contribution in [3.63, 3.8) is 0 Å². The number of carbonyl (C=O) groups is 1. The zero-order valence-corrected chi connectivity index (χ0v) is 15.7. The Kier molecular flexibility index (Phi) is 4.73. The van der Waals surface area contributed by atoms with Crippen LogP contribution >= 0.6 is 11.6 Å². The van der Waals surface area contributed by atoms with Crippen LogP contribution in [-0.4, -0.2) is 33.8 Å². The maximum absolute atomic E-state index is 13.1. The van der Waals surface area contributed by atoms with Crippen LogP contribution in [-0.2, 0) is 22.3 Å². The van der Waals surface area contributed by atoms with Crippen molar-refractivity contribution < 1.29 is 13.6 Å². The fourth-order valence-corrected chi connectivity index (χ4v) is 4.52. The van der Waals surface area contributed by atoms with Gasteiger partial charge in [0.25, 0.3) is 0 Å². The van der Waals surface area contributed by atoms with Gasteiger partial charge in [-0.25, -0.2) is 4.21 Å². The molecule has 4 rings (SSSR count). The number of carbonyl (C=O) groups excluding carboxylic acids is 1. The van der Waals surface area contributed by atoms with Gasteiger partial charge in [-0.1, -0.05) is 17.7 Å². The molecule has 2 aromatic carbocycles. The highest BCUT2D eigenvalue weighted by atomic mass is 35.5. The average Bonchev–Trinajstić information content (AvgIpc) is 3.03. The summed E-state index contributed by atoms with van der Waals surface area (Å²) in [6.07, 6.45) is 2.67.